The largest absolute Gasteiger partial charge is 0.333 e. The number of barbiturate groups is 2. The van der Waals surface area contributed by atoms with Crippen molar-refractivity contribution >= 4 is 47.5 Å². The van der Waals surface area contributed by atoms with Gasteiger partial charge in [-0.2, -0.15) is 0 Å². The molecule has 134 valence electrons. The Morgan fingerprint density at radius 1 is 0.720 bits per heavy atom. The summed E-state index contributed by atoms with van der Waals surface area (Å²) in [6.45, 7) is 0. The van der Waals surface area contributed by atoms with Gasteiger partial charge in [-0.25, -0.2) is 9.59 Å². The van der Waals surface area contributed by atoms with Gasteiger partial charge in [0.1, 0.15) is 11.5 Å². The van der Waals surface area contributed by atoms with Crippen LogP contribution in [0.4, 0.5) is 9.59 Å². The fourth-order valence-electron chi connectivity index (χ4n) is 2.53. The van der Waals surface area contributed by atoms with E-state index < -0.39 is 47.2 Å². The number of thioether (sulfide) groups is 1. The normalized spacial score (nSPS) is 20.3. The molecular weight excluding hydrogens is 352 g/mol. The Hall–Kier alpha value is -2.69. The van der Waals surface area contributed by atoms with Crippen LogP contribution in [0.5, 0.6) is 0 Å². The summed E-state index contributed by atoms with van der Waals surface area (Å²) in [5.41, 5.74) is -0.431. The van der Waals surface area contributed by atoms with Crippen molar-refractivity contribution in [1.82, 2.24) is 19.6 Å². The van der Waals surface area contributed by atoms with E-state index in [0.717, 1.165) is 31.4 Å². The summed E-state index contributed by atoms with van der Waals surface area (Å²) in [6, 6.07) is -1.62. The van der Waals surface area contributed by atoms with Crippen LogP contribution < -0.4 is 0 Å². The zero-order valence-electron chi connectivity index (χ0n) is 14.2. The van der Waals surface area contributed by atoms with Crippen LogP contribution in [0.2, 0.25) is 0 Å². The lowest BCUT2D eigenvalue weighted by atomic mass is 9.98. The molecule has 0 radical (unpaired) electrons. The third-order valence-electron chi connectivity index (χ3n) is 4.07. The first-order valence-corrected chi connectivity index (χ1v) is 8.26. The molecule has 2 fully saturated rings. The van der Waals surface area contributed by atoms with Crippen LogP contribution >= 0.6 is 11.8 Å². The van der Waals surface area contributed by atoms with Gasteiger partial charge in [-0.15, -0.1) is 11.8 Å². The van der Waals surface area contributed by atoms with Gasteiger partial charge < -0.3 is 0 Å². The van der Waals surface area contributed by atoms with Crippen LogP contribution in [-0.2, 0) is 19.2 Å². The third-order valence-corrected chi connectivity index (χ3v) is 4.95. The van der Waals surface area contributed by atoms with Crippen molar-refractivity contribution in [1.29, 1.82) is 0 Å². The van der Waals surface area contributed by atoms with Crippen LogP contribution in [0.25, 0.3) is 0 Å². The van der Waals surface area contributed by atoms with E-state index in [1.54, 1.807) is 0 Å². The zero-order chi connectivity index (χ0) is 19.2. The second kappa shape index (κ2) is 6.31. The summed E-state index contributed by atoms with van der Waals surface area (Å²) in [5.74, 6) is -4.98. The Bertz CT molecular complexity index is 710. The van der Waals surface area contributed by atoms with Gasteiger partial charge in [0.25, 0.3) is 11.8 Å². The minimum Gasteiger partial charge on any atom is -0.273 e. The first kappa shape index (κ1) is 18.6. The predicted molar refractivity (Wildman–Crippen MR) is 85.9 cm³/mol. The summed E-state index contributed by atoms with van der Waals surface area (Å²) in [5, 5.41) is 0. The number of imide groups is 4. The van der Waals surface area contributed by atoms with Crippen molar-refractivity contribution in [2.45, 2.75) is 0 Å². The van der Waals surface area contributed by atoms with E-state index in [9.17, 15) is 28.8 Å². The highest BCUT2D eigenvalue weighted by Gasteiger charge is 2.49. The van der Waals surface area contributed by atoms with Crippen molar-refractivity contribution in [2.24, 2.45) is 5.92 Å². The molecule has 10 nitrogen and oxygen atoms in total. The average molecular weight is 368 g/mol. The SMILES string of the molecule is CSC(=C1C(=O)N(C)C(=O)N(C)C1=O)C1C(=O)N(C)C(=O)N(C)C1=O. The van der Waals surface area contributed by atoms with Crippen LogP contribution in [0.15, 0.2) is 10.5 Å². The lowest BCUT2D eigenvalue weighted by Gasteiger charge is -2.35. The molecule has 0 aliphatic carbocycles. The van der Waals surface area contributed by atoms with Crippen LogP contribution in [0.1, 0.15) is 0 Å². The van der Waals surface area contributed by atoms with Crippen molar-refractivity contribution in [3.63, 3.8) is 0 Å². The van der Waals surface area contributed by atoms with Gasteiger partial charge in [-0.3, -0.25) is 38.8 Å². The summed E-state index contributed by atoms with van der Waals surface area (Å²) >= 11 is 0.876. The maximum atomic E-state index is 12.5. The molecule has 2 rings (SSSR count). The number of nitrogens with zero attached hydrogens (tertiary/aromatic N) is 4. The lowest BCUT2D eigenvalue weighted by molar-refractivity contribution is -0.145. The van der Waals surface area contributed by atoms with E-state index in [-0.39, 0.29) is 4.91 Å². The van der Waals surface area contributed by atoms with Crippen molar-refractivity contribution in [3.8, 4) is 0 Å². The zero-order valence-corrected chi connectivity index (χ0v) is 15.0. The summed E-state index contributed by atoms with van der Waals surface area (Å²) in [7, 11) is 4.79. The molecule has 11 heteroatoms. The summed E-state index contributed by atoms with van der Waals surface area (Å²) < 4.78 is 0. The third kappa shape index (κ3) is 2.60. The first-order valence-electron chi connectivity index (χ1n) is 7.03. The highest BCUT2D eigenvalue weighted by Crippen LogP contribution is 2.34. The van der Waals surface area contributed by atoms with E-state index in [2.05, 4.69) is 0 Å². The predicted octanol–water partition coefficient (Wildman–Crippen LogP) is -0.679. The van der Waals surface area contributed by atoms with Gasteiger partial charge in [-0.05, 0) is 6.26 Å². The molecule has 2 aliphatic heterocycles. The number of hydrogen-bond acceptors (Lipinski definition) is 7. The molecule has 2 saturated heterocycles. The first-order chi connectivity index (χ1) is 11.6. The summed E-state index contributed by atoms with van der Waals surface area (Å²) in [4.78, 5) is 76.4. The maximum absolute atomic E-state index is 12.5. The van der Waals surface area contributed by atoms with Gasteiger partial charge in [0.15, 0.2) is 0 Å². The van der Waals surface area contributed by atoms with E-state index in [0.29, 0.717) is 0 Å². The number of likely N-dealkylation sites (N-methyl/N-ethyl adjacent to an activating group) is 2. The molecule has 25 heavy (non-hydrogen) atoms. The number of carbonyl (C=O) groups is 6. The molecule has 2 aliphatic rings. The number of carbonyl (C=O) groups excluding carboxylic acids is 6. The molecule has 0 aromatic carbocycles. The molecule has 0 saturated carbocycles. The minimum absolute atomic E-state index is 0.0950. The lowest BCUT2D eigenvalue weighted by Crippen LogP contribution is -2.58. The van der Waals surface area contributed by atoms with Gasteiger partial charge in [0, 0.05) is 33.1 Å². The van der Waals surface area contributed by atoms with E-state index >= 15 is 0 Å². The van der Waals surface area contributed by atoms with Gasteiger partial charge in [0.2, 0.25) is 11.8 Å². The van der Waals surface area contributed by atoms with Crippen LogP contribution in [0.3, 0.4) is 0 Å². The fourth-order valence-corrected chi connectivity index (χ4v) is 3.35. The minimum atomic E-state index is -1.50. The van der Waals surface area contributed by atoms with Crippen molar-refractivity contribution < 1.29 is 28.8 Å². The van der Waals surface area contributed by atoms with Gasteiger partial charge >= 0.3 is 12.1 Å². The van der Waals surface area contributed by atoms with Gasteiger partial charge in [0.05, 0.1) is 0 Å². The standard InChI is InChI=1S/C14H16N4O6S/c1-15-9(19)6(10(20)16(2)13(15)23)8(25-5)7-11(21)17(3)14(24)18(4)12(7)22/h6H,1-5H3. The van der Waals surface area contributed by atoms with Crippen LogP contribution in [0, 0.1) is 5.92 Å². The number of rotatable bonds is 2. The fraction of sp³-hybridized carbons (Fsp3) is 0.429. The molecule has 2 heterocycles. The monoisotopic (exact) mass is 368 g/mol. The van der Waals surface area contributed by atoms with Crippen LogP contribution in [-0.4, -0.2) is 89.7 Å². The second-order valence-electron chi connectivity index (χ2n) is 5.46. The number of urea groups is 2. The molecular formula is C14H16N4O6S. The summed E-state index contributed by atoms with van der Waals surface area (Å²) in [6.07, 6.45) is 1.50. The van der Waals surface area contributed by atoms with E-state index in [1.807, 2.05) is 0 Å². The highest BCUT2D eigenvalue weighted by atomic mass is 32.2. The number of amides is 8. The average Bonchev–Trinajstić information content (AvgIpc) is 2.60. The van der Waals surface area contributed by atoms with E-state index in [1.165, 1.54) is 34.4 Å². The Balaban J connectivity index is 2.66. The molecule has 0 atom stereocenters. The molecule has 0 N–H and O–H groups in total. The quantitative estimate of drug-likeness (QED) is 0.360. The topological polar surface area (TPSA) is 115 Å². The van der Waals surface area contributed by atoms with Crippen molar-refractivity contribution in [3.05, 3.63) is 10.5 Å². The Kier molecular flexibility index (Phi) is 4.71. The van der Waals surface area contributed by atoms with E-state index in [4.69, 9.17) is 0 Å². The molecule has 0 aromatic rings. The molecule has 0 aromatic heterocycles. The Morgan fingerprint density at radius 3 is 1.44 bits per heavy atom. The smallest absolute Gasteiger partial charge is 0.273 e. The highest BCUT2D eigenvalue weighted by molar-refractivity contribution is 8.02. The molecule has 0 spiro atoms. The molecule has 0 unspecified atom stereocenters. The maximum Gasteiger partial charge on any atom is 0.333 e. The second-order valence-corrected chi connectivity index (χ2v) is 6.31. The molecule has 8 amide bonds. The number of hydrogen-bond donors (Lipinski definition) is 0. The molecule has 0 bridgehead atoms. The van der Waals surface area contributed by atoms with Crippen molar-refractivity contribution in [2.75, 3.05) is 34.4 Å². The Labute approximate surface area is 147 Å². The Morgan fingerprint density at radius 2 is 1.08 bits per heavy atom. The van der Waals surface area contributed by atoms with Gasteiger partial charge in [-0.1, -0.05) is 0 Å².